The third-order valence-electron chi connectivity index (χ3n) is 5.19. The molecule has 2 aromatic heterocycles. The van der Waals surface area contributed by atoms with E-state index in [1.165, 1.54) is 24.9 Å². The van der Waals surface area contributed by atoms with Gasteiger partial charge in [-0.25, -0.2) is 4.79 Å². The van der Waals surface area contributed by atoms with Gasteiger partial charge in [-0.2, -0.15) is 0 Å². The number of hydrogen-bond donors (Lipinski definition) is 1. The SMILES string of the molecule is COC(=O)CC(c1ccc(-c2ccc(C(=O)OC)cc2)o1)c1c(O)cc(C)n(C)c1=O. The van der Waals surface area contributed by atoms with Crippen molar-refractivity contribution in [1.29, 1.82) is 0 Å². The number of benzene rings is 1. The molecule has 162 valence electrons. The third-order valence-corrected chi connectivity index (χ3v) is 5.19. The largest absolute Gasteiger partial charge is 0.507 e. The van der Waals surface area contributed by atoms with Gasteiger partial charge in [0.15, 0.2) is 0 Å². The number of esters is 2. The van der Waals surface area contributed by atoms with Crippen LogP contribution in [0.1, 0.15) is 39.7 Å². The molecule has 2 heterocycles. The van der Waals surface area contributed by atoms with Crippen LogP contribution in [0, 0.1) is 6.92 Å². The lowest BCUT2D eigenvalue weighted by Gasteiger charge is -2.17. The Morgan fingerprint density at radius 3 is 2.39 bits per heavy atom. The molecule has 0 saturated carbocycles. The van der Waals surface area contributed by atoms with E-state index in [2.05, 4.69) is 0 Å². The minimum absolute atomic E-state index is 0.0560. The second-order valence-electron chi connectivity index (χ2n) is 7.05. The zero-order valence-corrected chi connectivity index (χ0v) is 17.7. The molecule has 8 nitrogen and oxygen atoms in total. The summed E-state index contributed by atoms with van der Waals surface area (Å²) in [5.74, 6) is -1.24. The summed E-state index contributed by atoms with van der Waals surface area (Å²) >= 11 is 0. The molecule has 0 aliphatic rings. The molecular weight excluding hydrogens is 402 g/mol. The van der Waals surface area contributed by atoms with Gasteiger partial charge in [0.25, 0.3) is 5.56 Å². The van der Waals surface area contributed by atoms with Gasteiger partial charge in [-0.3, -0.25) is 9.59 Å². The first-order valence-electron chi connectivity index (χ1n) is 9.51. The molecule has 0 aliphatic carbocycles. The van der Waals surface area contributed by atoms with Crippen molar-refractivity contribution in [2.24, 2.45) is 7.05 Å². The van der Waals surface area contributed by atoms with Gasteiger partial charge in [0.05, 0.1) is 37.7 Å². The van der Waals surface area contributed by atoms with E-state index < -0.39 is 23.4 Å². The van der Waals surface area contributed by atoms with Gasteiger partial charge in [0.2, 0.25) is 0 Å². The smallest absolute Gasteiger partial charge is 0.337 e. The summed E-state index contributed by atoms with van der Waals surface area (Å²) in [6, 6.07) is 11.4. The third kappa shape index (κ3) is 4.37. The number of aromatic nitrogens is 1. The number of pyridine rings is 1. The van der Waals surface area contributed by atoms with E-state index in [-0.39, 0.29) is 17.7 Å². The van der Waals surface area contributed by atoms with Crippen LogP contribution in [0.25, 0.3) is 11.3 Å². The molecule has 8 heteroatoms. The van der Waals surface area contributed by atoms with Crippen molar-refractivity contribution in [3.63, 3.8) is 0 Å². The van der Waals surface area contributed by atoms with E-state index >= 15 is 0 Å². The predicted molar refractivity (Wildman–Crippen MR) is 112 cm³/mol. The highest BCUT2D eigenvalue weighted by Gasteiger charge is 2.28. The molecule has 1 N–H and O–H groups in total. The lowest BCUT2D eigenvalue weighted by atomic mass is 9.93. The molecular formula is C23H23NO7. The van der Waals surface area contributed by atoms with Crippen LogP contribution in [-0.2, 0) is 21.3 Å². The second-order valence-corrected chi connectivity index (χ2v) is 7.05. The first-order valence-corrected chi connectivity index (χ1v) is 9.51. The molecule has 1 atom stereocenters. The number of nitrogens with zero attached hydrogens (tertiary/aromatic N) is 1. The van der Waals surface area contributed by atoms with Crippen molar-refractivity contribution >= 4 is 11.9 Å². The van der Waals surface area contributed by atoms with Gasteiger partial charge < -0.3 is 23.6 Å². The number of aryl methyl sites for hydroxylation is 1. The lowest BCUT2D eigenvalue weighted by molar-refractivity contribution is -0.140. The summed E-state index contributed by atoms with van der Waals surface area (Å²) in [4.78, 5) is 36.5. The maximum Gasteiger partial charge on any atom is 0.337 e. The van der Waals surface area contributed by atoms with E-state index in [1.807, 2.05) is 0 Å². The number of carbonyl (C=O) groups is 2. The van der Waals surface area contributed by atoms with Crippen LogP contribution >= 0.6 is 0 Å². The summed E-state index contributed by atoms with van der Waals surface area (Å²) in [6.45, 7) is 1.70. The van der Waals surface area contributed by atoms with Gasteiger partial charge in [0.1, 0.15) is 17.3 Å². The van der Waals surface area contributed by atoms with E-state index in [4.69, 9.17) is 13.9 Å². The minimum Gasteiger partial charge on any atom is -0.507 e. The molecule has 1 aromatic carbocycles. The zero-order valence-electron chi connectivity index (χ0n) is 17.7. The number of rotatable bonds is 6. The van der Waals surface area contributed by atoms with Crippen molar-refractivity contribution in [2.75, 3.05) is 14.2 Å². The maximum atomic E-state index is 12.9. The summed E-state index contributed by atoms with van der Waals surface area (Å²) < 4.78 is 16.8. The molecule has 0 bridgehead atoms. The van der Waals surface area contributed by atoms with Crippen LogP contribution < -0.4 is 5.56 Å². The number of aromatic hydroxyl groups is 1. The number of hydrogen-bond acceptors (Lipinski definition) is 7. The number of carbonyl (C=O) groups excluding carboxylic acids is 2. The van der Waals surface area contributed by atoms with Crippen molar-refractivity contribution in [3.05, 3.63) is 75.4 Å². The highest BCUT2D eigenvalue weighted by molar-refractivity contribution is 5.89. The second kappa shape index (κ2) is 8.91. The van der Waals surface area contributed by atoms with Crippen molar-refractivity contribution in [3.8, 4) is 17.1 Å². The molecule has 0 fully saturated rings. The van der Waals surface area contributed by atoms with Gasteiger partial charge in [-0.05, 0) is 37.3 Å². The predicted octanol–water partition coefficient (Wildman–Crippen LogP) is 3.14. The fraction of sp³-hybridized carbons (Fsp3) is 0.261. The monoisotopic (exact) mass is 425 g/mol. The summed E-state index contributed by atoms with van der Waals surface area (Å²) in [5, 5.41) is 10.5. The number of furan rings is 1. The molecule has 0 radical (unpaired) electrons. The van der Waals surface area contributed by atoms with Gasteiger partial charge in [0, 0.05) is 18.3 Å². The Bertz CT molecular complexity index is 1170. The maximum absolute atomic E-state index is 12.9. The van der Waals surface area contributed by atoms with Crippen LogP contribution in [0.4, 0.5) is 0 Å². The van der Waals surface area contributed by atoms with Gasteiger partial charge >= 0.3 is 11.9 Å². The lowest BCUT2D eigenvalue weighted by Crippen LogP contribution is -2.26. The minimum atomic E-state index is -0.838. The van der Waals surface area contributed by atoms with Crippen LogP contribution in [-0.4, -0.2) is 35.8 Å². The van der Waals surface area contributed by atoms with Crippen LogP contribution in [0.15, 0.2) is 51.7 Å². The standard InChI is InChI=1S/C23H23NO7/c1-13-11-17(25)21(22(27)24(13)2)16(12-20(26)29-3)19-10-9-18(31-19)14-5-7-15(8-6-14)23(28)30-4/h5-11,16,25H,12H2,1-4H3. The fourth-order valence-electron chi connectivity index (χ4n) is 3.33. The Morgan fingerprint density at radius 1 is 1.10 bits per heavy atom. The Balaban J connectivity index is 2.04. The molecule has 0 spiro atoms. The summed E-state index contributed by atoms with van der Waals surface area (Å²) in [7, 11) is 4.15. The van der Waals surface area contributed by atoms with Crippen molar-refractivity contribution in [1.82, 2.24) is 4.57 Å². The molecule has 0 aliphatic heterocycles. The van der Waals surface area contributed by atoms with E-state index in [0.29, 0.717) is 28.3 Å². The summed E-state index contributed by atoms with van der Waals surface area (Å²) in [5.41, 5.74) is 1.30. The molecule has 1 unspecified atom stereocenters. The first-order chi connectivity index (χ1) is 14.8. The van der Waals surface area contributed by atoms with E-state index in [1.54, 1.807) is 50.4 Å². The molecule has 31 heavy (non-hydrogen) atoms. The Kier molecular flexibility index (Phi) is 6.29. The van der Waals surface area contributed by atoms with Crippen LogP contribution in [0.3, 0.4) is 0 Å². The number of ether oxygens (including phenoxy) is 2. The van der Waals surface area contributed by atoms with Crippen LogP contribution in [0.5, 0.6) is 5.75 Å². The Hall–Kier alpha value is -3.81. The molecule has 0 amide bonds. The van der Waals surface area contributed by atoms with Crippen LogP contribution in [0.2, 0.25) is 0 Å². The quantitative estimate of drug-likeness (QED) is 0.605. The Labute approximate surface area is 178 Å². The molecule has 3 rings (SSSR count). The van der Waals surface area contributed by atoms with E-state index in [9.17, 15) is 19.5 Å². The Morgan fingerprint density at radius 2 is 1.77 bits per heavy atom. The molecule has 0 saturated heterocycles. The zero-order chi connectivity index (χ0) is 22.7. The van der Waals surface area contributed by atoms with Crippen molar-refractivity contribution in [2.45, 2.75) is 19.3 Å². The summed E-state index contributed by atoms with van der Waals surface area (Å²) in [6.07, 6.45) is -0.184. The topological polar surface area (TPSA) is 108 Å². The molecule has 3 aromatic rings. The highest BCUT2D eigenvalue weighted by Crippen LogP contribution is 2.35. The van der Waals surface area contributed by atoms with Crippen molar-refractivity contribution < 1.29 is 28.6 Å². The van der Waals surface area contributed by atoms with Gasteiger partial charge in [-0.15, -0.1) is 0 Å². The van der Waals surface area contributed by atoms with Gasteiger partial charge in [-0.1, -0.05) is 12.1 Å². The number of methoxy groups -OCH3 is 2. The average molecular weight is 425 g/mol. The average Bonchev–Trinajstić information content (AvgIpc) is 3.26. The van der Waals surface area contributed by atoms with E-state index in [0.717, 1.165) is 0 Å². The highest BCUT2D eigenvalue weighted by atomic mass is 16.5. The first kappa shape index (κ1) is 21.9. The fourth-order valence-corrected chi connectivity index (χ4v) is 3.33. The normalized spacial score (nSPS) is 11.7.